The summed E-state index contributed by atoms with van der Waals surface area (Å²) in [5.41, 5.74) is 7.49. The van der Waals surface area contributed by atoms with Crippen LogP contribution in [-0.2, 0) is 11.3 Å². The molecule has 1 fully saturated rings. The monoisotopic (exact) mass is 465 g/mol. The van der Waals surface area contributed by atoms with Gasteiger partial charge in [0.05, 0.1) is 35.6 Å². The molecule has 0 aromatic heterocycles. The molecule has 3 N–H and O–H groups in total. The molecule has 0 bridgehead atoms. The Morgan fingerprint density at radius 2 is 2.03 bits per heavy atom. The van der Waals surface area contributed by atoms with E-state index < -0.39 is 0 Å². The number of anilines is 1. The van der Waals surface area contributed by atoms with Crippen molar-refractivity contribution in [2.75, 3.05) is 32.0 Å². The molecule has 1 amide bonds. The first kappa shape index (κ1) is 23.7. The Labute approximate surface area is 193 Å². The molecular weight excluding hydrogens is 437 g/mol. The zero-order chi connectivity index (χ0) is 22.6. The van der Waals surface area contributed by atoms with Crippen LogP contribution in [0.1, 0.15) is 36.7 Å². The third kappa shape index (κ3) is 5.83. The summed E-state index contributed by atoms with van der Waals surface area (Å²) in [6, 6.07) is 11.0. The first-order chi connectivity index (χ1) is 14.7. The maximum absolute atomic E-state index is 12.8. The van der Waals surface area contributed by atoms with Crippen LogP contribution in [0, 0.1) is 0 Å². The molecule has 0 aliphatic carbocycles. The maximum Gasteiger partial charge on any atom is 0.255 e. The van der Waals surface area contributed by atoms with Gasteiger partial charge in [0.25, 0.3) is 5.91 Å². The molecule has 2 aromatic carbocycles. The van der Waals surface area contributed by atoms with Gasteiger partial charge in [-0.05, 0) is 38.5 Å². The van der Waals surface area contributed by atoms with Crippen molar-refractivity contribution in [3.8, 4) is 5.75 Å². The van der Waals surface area contributed by atoms with E-state index in [-0.39, 0.29) is 17.6 Å². The van der Waals surface area contributed by atoms with E-state index in [1.54, 1.807) is 6.07 Å². The topological polar surface area (TPSA) is 76.8 Å². The standard InChI is InChI=1S/C23H29Cl2N3O3/c1-4-30-21-10-20(26)19(25)9-17(21)22(29)27-11-16-13-28(23(2,3)14-31-16)12-15-7-5-6-8-18(15)24/h5-10,16H,4,11-14,26H2,1-3H3,(H,27,29). The van der Waals surface area contributed by atoms with E-state index in [2.05, 4.69) is 24.1 Å². The number of rotatable bonds is 7. The van der Waals surface area contributed by atoms with Gasteiger partial charge in [0.15, 0.2) is 0 Å². The Hall–Kier alpha value is -1.99. The third-order valence-electron chi connectivity index (χ3n) is 5.41. The second-order valence-electron chi connectivity index (χ2n) is 8.23. The van der Waals surface area contributed by atoms with E-state index in [0.29, 0.717) is 54.9 Å². The highest BCUT2D eigenvalue weighted by Crippen LogP contribution is 2.30. The smallest absolute Gasteiger partial charge is 0.255 e. The minimum Gasteiger partial charge on any atom is -0.493 e. The Kier molecular flexibility index (Phi) is 7.70. The van der Waals surface area contributed by atoms with E-state index in [0.717, 1.165) is 10.6 Å². The molecule has 8 heteroatoms. The Bertz CT molecular complexity index is 936. The predicted molar refractivity (Wildman–Crippen MR) is 125 cm³/mol. The van der Waals surface area contributed by atoms with Crippen molar-refractivity contribution in [2.45, 2.75) is 39.0 Å². The quantitative estimate of drug-likeness (QED) is 0.593. The van der Waals surface area contributed by atoms with Gasteiger partial charge in [0.2, 0.25) is 0 Å². The van der Waals surface area contributed by atoms with Gasteiger partial charge in [0, 0.05) is 36.3 Å². The van der Waals surface area contributed by atoms with Crippen LogP contribution in [0.5, 0.6) is 5.75 Å². The van der Waals surface area contributed by atoms with Crippen LogP contribution < -0.4 is 15.8 Å². The largest absolute Gasteiger partial charge is 0.493 e. The minimum absolute atomic E-state index is 0.147. The molecule has 3 rings (SSSR count). The van der Waals surface area contributed by atoms with E-state index >= 15 is 0 Å². The SMILES string of the molecule is CCOc1cc(N)c(Cl)cc1C(=O)NCC1CN(Cc2ccccc2Cl)C(C)(C)CO1. The number of hydrogen-bond acceptors (Lipinski definition) is 5. The zero-order valence-electron chi connectivity index (χ0n) is 18.1. The number of nitrogens with zero attached hydrogens (tertiary/aromatic N) is 1. The van der Waals surface area contributed by atoms with Gasteiger partial charge in [-0.15, -0.1) is 0 Å². The Morgan fingerprint density at radius 1 is 1.29 bits per heavy atom. The van der Waals surface area contributed by atoms with Gasteiger partial charge in [-0.2, -0.15) is 0 Å². The van der Waals surface area contributed by atoms with Gasteiger partial charge in [-0.25, -0.2) is 0 Å². The van der Waals surface area contributed by atoms with Crippen molar-refractivity contribution < 1.29 is 14.3 Å². The highest BCUT2D eigenvalue weighted by Gasteiger charge is 2.35. The number of carbonyl (C=O) groups is 1. The molecule has 0 saturated carbocycles. The summed E-state index contributed by atoms with van der Waals surface area (Å²) in [7, 11) is 0. The van der Waals surface area contributed by atoms with Crippen LogP contribution in [-0.4, -0.2) is 48.8 Å². The highest BCUT2D eigenvalue weighted by molar-refractivity contribution is 6.33. The molecule has 1 saturated heterocycles. The number of carbonyl (C=O) groups excluding carboxylic acids is 1. The molecule has 2 aromatic rings. The molecule has 0 radical (unpaired) electrons. The van der Waals surface area contributed by atoms with Crippen molar-refractivity contribution >= 4 is 34.8 Å². The third-order valence-corrected chi connectivity index (χ3v) is 6.10. The number of halogens is 2. The number of benzene rings is 2. The van der Waals surface area contributed by atoms with Crippen molar-refractivity contribution in [1.82, 2.24) is 10.2 Å². The molecule has 31 heavy (non-hydrogen) atoms. The van der Waals surface area contributed by atoms with Crippen LogP contribution in [0.25, 0.3) is 0 Å². The highest BCUT2D eigenvalue weighted by atomic mass is 35.5. The molecule has 1 aliphatic heterocycles. The van der Waals surface area contributed by atoms with E-state index in [1.807, 2.05) is 31.2 Å². The number of hydrogen-bond donors (Lipinski definition) is 2. The number of nitrogens with one attached hydrogen (secondary N) is 1. The first-order valence-corrected chi connectivity index (χ1v) is 11.1. The van der Waals surface area contributed by atoms with Crippen LogP contribution in [0.15, 0.2) is 36.4 Å². The van der Waals surface area contributed by atoms with Crippen molar-refractivity contribution in [2.24, 2.45) is 0 Å². The number of nitrogens with two attached hydrogens (primary N) is 1. The fraction of sp³-hybridized carbons (Fsp3) is 0.435. The fourth-order valence-electron chi connectivity index (χ4n) is 3.52. The number of ether oxygens (including phenoxy) is 2. The molecule has 0 spiro atoms. The first-order valence-electron chi connectivity index (χ1n) is 10.3. The van der Waals surface area contributed by atoms with Crippen LogP contribution in [0.3, 0.4) is 0 Å². The van der Waals surface area contributed by atoms with Gasteiger partial charge in [-0.3, -0.25) is 9.69 Å². The summed E-state index contributed by atoms with van der Waals surface area (Å²) in [6.07, 6.45) is -0.153. The zero-order valence-corrected chi connectivity index (χ0v) is 19.6. The number of morpholine rings is 1. The lowest BCUT2D eigenvalue weighted by Gasteiger charge is -2.45. The minimum atomic E-state index is -0.281. The Balaban J connectivity index is 1.66. The normalized spacial score (nSPS) is 18.5. The number of amides is 1. The van der Waals surface area contributed by atoms with Crippen LogP contribution in [0.2, 0.25) is 10.0 Å². The summed E-state index contributed by atoms with van der Waals surface area (Å²) in [6.45, 7) is 8.84. The average Bonchev–Trinajstić information content (AvgIpc) is 2.72. The van der Waals surface area contributed by atoms with Gasteiger partial charge < -0.3 is 20.5 Å². The van der Waals surface area contributed by atoms with E-state index in [1.165, 1.54) is 6.07 Å². The fourth-order valence-corrected chi connectivity index (χ4v) is 3.88. The van der Waals surface area contributed by atoms with E-state index in [4.69, 9.17) is 38.4 Å². The summed E-state index contributed by atoms with van der Waals surface area (Å²) in [4.78, 5) is 15.1. The van der Waals surface area contributed by atoms with Crippen molar-refractivity contribution in [3.63, 3.8) is 0 Å². The molecule has 6 nitrogen and oxygen atoms in total. The van der Waals surface area contributed by atoms with E-state index in [9.17, 15) is 4.79 Å². The Morgan fingerprint density at radius 3 is 2.74 bits per heavy atom. The summed E-state index contributed by atoms with van der Waals surface area (Å²) in [5, 5.41) is 4.00. The van der Waals surface area contributed by atoms with Gasteiger partial charge in [0.1, 0.15) is 5.75 Å². The molecule has 1 heterocycles. The van der Waals surface area contributed by atoms with Crippen LogP contribution in [0.4, 0.5) is 5.69 Å². The number of nitrogen functional groups attached to an aromatic ring is 1. The molecule has 1 atom stereocenters. The second-order valence-corrected chi connectivity index (χ2v) is 9.04. The van der Waals surface area contributed by atoms with Gasteiger partial charge >= 0.3 is 0 Å². The predicted octanol–water partition coefficient (Wildman–Crippen LogP) is 4.38. The summed E-state index contributed by atoms with van der Waals surface area (Å²) in [5.74, 6) is 0.129. The molecule has 1 unspecified atom stereocenters. The molecule has 1 aliphatic rings. The lowest BCUT2D eigenvalue weighted by atomic mass is 9.99. The maximum atomic E-state index is 12.8. The molecular formula is C23H29Cl2N3O3. The summed E-state index contributed by atoms with van der Waals surface area (Å²) >= 11 is 12.5. The lowest BCUT2D eigenvalue weighted by molar-refractivity contribution is -0.0998. The lowest BCUT2D eigenvalue weighted by Crippen LogP contribution is -2.57. The molecule has 168 valence electrons. The van der Waals surface area contributed by atoms with Gasteiger partial charge in [-0.1, -0.05) is 41.4 Å². The van der Waals surface area contributed by atoms with Crippen molar-refractivity contribution in [3.05, 3.63) is 57.6 Å². The van der Waals surface area contributed by atoms with Crippen molar-refractivity contribution in [1.29, 1.82) is 0 Å². The summed E-state index contributed by atoms with van der Waals surface area (Å²) < 4.78 is 11.6. The second kappa shape index (κ2) is 10.1. The van der Waals surface area contributed by atoms with Crippen LogP contribution >= 0.6 is 23.2 Å². The average molecular weight is 466 g/mol.